The molecule has 1 N–H and O–H groups in total. The number of aryl methyl sites for hydroxylation is 1. The summed E-state index contributed by atoms with van der Waals surface area (Å²) < 4.78 is 5.55. The van der Waals surface area contributed by atoms with Crippen LogP contribution in [0.15, 0.2) is 42.6 Å². The Morgan fingerprint density at radius 1 is 1.33 bits per heavy atom. The van der Waals surface area contributed by atoms with Crippen molar-refractivity contribution in [1.82, 2.24) is 4.98 Å². The van der Waals surface area contributed by atoms with Gasteiger partial charge in [0.15, 0.2) is 0 Å². The second kappa shape index (κ2) is 5.31. The number of aromatic carboxylic acids is 1. The van der Waals surface area contributed by atoms with Crippen molar-refractivity contribution in [2.45, 2.75) is 13.5 Å². The Morgan fingerprint density at radius 3 is 2.67 bits per heavy atom. The molecule has 2 rings (SSSR count). The zero-order valence-electron chi connectivity index (χ0n) is 9.96. The van der Waals surface area contributed by atoms with Crippen LogP contribution in [0.2, 0.25) is 0 Å². The average Bonchev–Trinajstić information content (AvgIpc) is 2.38. The number of pyridine rings is 1. The quantitative estimate of drug-likeness (QED) is 0.896. The Hall–Kier alpha value is -2.36. The molecule has 4 nitrogen and oxygen atoms in total. The van der Waals surface area contributed by atoms with E-state index in [2.05, 4.69) is 4.98 Å². The van der Waals surface area contributed by atoms with E-state index < -0.39 is 5.97 Å². The molecule has 1 aromatic carbocycles. The number of hydrogen-bond acceptors (Lipinski definition) is 3. The molecule has 0 unspecified atom stereocenters. The molecule has 0 radical (unpaired) electrons. The highest BCUT2D eigenvalue weighted by molar-refractivity contribution is 5.87. The molecule has 1 heterocycles. The Bertz CT molecular complexity index is 552. The molecule has 0 spiro atoms. The number of ether oxygens (including phenoxy) is 1. The minimum Gasteiger partial charge on any atom is -0.478 e. The smallest absolute Gasteiger partial charge is 0.337 e. The van der Waals surface area contributed by atoms with Gasteiger partial charge in [-0.05, 0) is 18.6 Å². The molecule has 0 saturated carbocycles. The molecule has 2 aromatic rings. The SMILES string of the molecule is Cc1cc(C(=O)O)cnc1OCc1ccccc1. The highest BCUT2D eigenvalue weighted by Crippen LogP contribution is 2.16. The number of benzene rings is 1. The topological polar surface area (TPSA) is 59.4 Å². The van der Waals surface area contributed by atoms with Gasteiger partial charge in [0.1, 0.15) is 6.61 Å². The largest absolute Gasteiger partial charge is 0.478 e. The van der Waals surface area contributed by atoms with Crippen molar-refractivity contribution >= 4 is 5.97 Å². The lowest BCUT2D eigenvalue weighted by atomic mass is 10.2. The van der Waals surface area contributed by atoms with Crippen molar-refractivity contribution in [3.63, 3.8) is 0 Å². The molecule has 0 atom stereocenters. The first-order valence-corrected chi connectivity index (χ1v) is 5.53. The van der Waals surface area contributed by atoms with E-state index in [1.165, 1.54) is 6.20 Å². The molecule has 0 aliphatic rings. The number of aromatic nitrogens is 1. The number of hydrogen-bond donors (Lipinski definition) is 1. The summed E-state index contributed by atoms with van der Waals surface area (Å²) in [7, 11) is 0. The van der Waals surface area contributed by atoms with Gasteiger partial charge in [-0.15, -0.1) is 0 Å². The predicted octanol–water partition coefficient (Wildman–Crippen LogP) is 2.67. The minimum absolute atomic E-state index is 0.166. The van der Waals surface area contributed by atoms with Gasteiger partial charge >= 0.3 is 5.97 Å². The first-order valence-electron chi connectivity index (χ1n) is 5.53. The second-order valence-electron chi connectivity index (χ2n) is 3.93. The van der Waals surface area contributed by atoms with Crippen LogP contribution in [0.4, 0.5) is 0 Å². The fourth-order valence-corrected chi connectivity index (χ4v) is 1.56. The van der Waals surface area contributed by atoms with Gasteiger partial charge in [-0.2, -0.15) is 0 Å². The van der Waals surface area contributed by atoms with E-state index in [4.69, 9.17) is 9.84 Å². The van der Waals surface area contributed by atoms with Gasteiger partial charge in [0, 0.05) is 11.8 Å². The number of carboxylic acid groups (broad SMARTS) is 1. The van der Waals surface area contributed by atoms with Gasteiger partial charge in [-0.25, -0.2) is 9.78 Å². The standard InChI is InChI=1S/C14H13NO3/c1-10-7-12(14(16)17)8-15-13(10)18-9-11-5-3-2-4-6-11/h2-8H,9H2,1H3,(H,16,17). The minimum atomic E-state index is -0.986. The normalized spacial score (nSPS) is 10.1. The maximum atomic E-state index is 10.8. The van der Waals surface area contributed by atoms with Gasteiger partial charge in [0.2, 0.25) is 5.88 Å². The second-order valence-corrected chi connectivity index (χ2v) is 3.93. The van der Waals surface area contributed by atoms with Crippen molar-refractivity contribution in [3.8, 4) is 5.88 Å². The van der Waals surface area contributed by atoms with E-state index >= 15 is 0 Å². The van der Waals surface area contributed by atoms with Crippen molar-refractivity contribution in [2.24, 2.45) is 0 Å². The van der Waals surface area contributed by atoms with Gasteiger partial charge < -0.3 is 9.84 Å². The summed E-state index contributed by atoms with van der Waals surface area (Å²) in [6, 6.07) is 11.3. The Morgan fingerprint density at radius 2 is 2.06 bits per heavy atom. The fraction of sp³-hybridized carbons (Fsp3) is 0.143. The van der Waals surface area contributed by atoms with Crippen LogP contribution >= 0.6 is 0 Å². The van der Waals surface area contributed by atoms with Crippen LogP contribution in [-0.4, -0.2) is 16.1 Å². The molecular formula is C14H13NO3. The maximum Gasteiger partial charge on any atom is 0.337 e. The van der Waals surface area contributed by atoms with E-state index in [-0.39, 0.29) is 5.56 Å². The summed E-state index contributed by atoms with van der Waals surface area (Å²) in [5.41, 5.74) is 1.92. The molecule has 0 bridgehead atoms. The van der Waals surface area contributed by atoms with E-state index in [0.717, 1.165) is 5.56 Å². The maximum absolute atomic E-state index is 10.8. The molecule has 1 aromatic heterocycles. The zero-order valence-corrected chi connectivity index (χ0v) is 9.96. The van der Waals surface area contributed by atoms with Gasteiger partial charge in [-0.3, -0.25) is 0 Å². The molecule has 4 heteroatoms. The van der Waals surface area contributed by atoms with Gasteiger partial charge in [0.25, 0.3) is 0 Å². The average molecular weight is 243 g/mol. The van der Waals surface area contributed by atoms with Crippen molar-refractivity contribution in [3.05, 3.63) is 59.3 Å². The molecule has 0 aliphatic carbocycles. The summed E-state index contributed by atoms with van der Waals surface area (Å²) in [5.74, 6) is -0.524. The molecular weight excluding hydrogens is 230 g/mol. The van der Waals surface area contributed by atoms with Crippen LogP contribution in [0.3, 0.4) is 0 Å². The first kappa shape index (κ1) is 12.1. The lowest BCUT2D eigenvalue weighted by Crippen LogP contribution is -2.02. The Labute approximate surface area is 105 Å². The third-order valence-electron chi connectivity index (χ3n) is 2.50. The van der Waals surface area contributed by atoms with Crippen molar-refractivity contribution in [1.29, 1.82) is 0 Å². The highest BCUT2D eigenvalue weighted by Gasteiger charge is 2.07. The fourth-order valence-electron chi connectivity index (χ4n) is 1.56. The summed E-state index contributed by atoms with van der Waals surface area (Å²) in [6.07, 6.45) is 1.30. The third-order valence-corrected chi connectivity index (χ3v) is 2.50. The van der Waals surface area contributed by atoms with Gasteiger partial charge in [-0.1, -0.05) is 30.3 Å². The number of rotatable bonds is 4. The van der Waals surface area contributed by atoms with Crippen LogP contribution in [0.1, 0.15) is 21.5 Å². The van der Waals surface area contributed by atoms with E-state index in [9.17, 15) is 4.79 Å². The van der Waals surface area contributed by atoms with Crippen LogP contribution in [0.5, 0.6) is 5.88 Å². The predicted molar refractivity (Wildman–Crippen MR) is 66.7 cm³/mol. The zero-order chi connectivity index (χ0) is 13.0. The van der Waals surface area contributed by atoms with Crippen LogP contribution < -0.4 is 4.74 Å². The van der Waals surface area contributed by atoms with Crippen molar-refractivity contribution in [2.75, 3.05) is 0 Å². The van der Waals surface area contributed by atoms with Crippen LogP contribution in [0, 0.1) is 6.92 Å². The summed E-state index contributed by atoms with van der Waals surface area (Å²) in [4.78, 5) is 14.8. The molecule has 92 valence electrons. The molecule has 0 aliphatic heterocycles. The molecule has 18 heavy (non-hydrogen) atoms. The number of carbonyl (C=O) groups is 1. The lowest BCUT2D eigenvalue weighted by molar-refractivity contribution is 0.0696. The Kier molecular flexibility index (Phi) is 3.57. The first-order chi connectivity index (χ1) is 8.66. The van der Waals surface area contributed by atoms with Crippen LogP contribution in [-0.2, 0) is 6.61 Å². The monoisotopic (exact) mass is 243 g/mol. The molecule has 0 fully saturated rings. The molecule has 0 saturated heterocycles. The molecule has 0 amide bonds. The van der Waals surface area contributed by atoms with E-state index in [1.807, 2.05) is 30.3 Å². The summed E-state index contributed by atoms with van der Waals surface area (Å²) in [6.45, 7) is 2.20. The van der Waals surface area contributed by atoms with E-state index in [1.54, 1.807) is 13.0 Å². The third kappa shape index (κ3) is 2.85. The van der Waals surface area contributed by atoms with E-state index in [0.29, 0.717) is 18.1 Å². The number of nitrogens with zero attached hydrogens (tertiary/aromatic N) is 1. The lowest BCUT2D eigenvalue weighted by Gasteiger charge is -2.08. The summed E-state index contributed by atoms with van der Waals surface area (Å²) in [5, 5.41) is 8.83. The van der Waals surface area contributed by atoms with Crippen LogP contribution in [0.25, 0.3) is 0 Å². The van der Waals surface area contributed by atoms with Crippen molar-refractivity contribution < 1.29 is 14.6 Å². The summed E-state index contributed by atoms with van der Waals surface area (Å²) >= 11 is 0. The van der Waals surface area contributed by atoms with Gasteiger partial charge in [0.05, 0.1) is 5.56 Å². The number of carboxylic acids is 1. The Balaban J connectivity index is 2.08. The highest BCUT2D eigenvalue weighted by atomic mass is 16.5.